The number of aryl methyl sites for hydroxylation is 1. The Morgan fingerprint density at radius 2 is 1.62 bits per heavy atom. The number of nitrogens with one attached hydrogen (secondary N) is 2. The van der Waals surface area contributed by atoms with E-state index in [1.807, 2.05) is 31.2 Å². The van der Waals surface area contributed by atoms with E-state index in [0.717, 1.165) is 11.1 Å². The van der Waals surface area contributed by atoms with Crippen molar-refractivity contribution in [1.29, 1.82) is 0 Å². The molecule has 2 aromatic carbocycles. The van der Waals surface area contributed by atoms with Crippen molar-refractivity contribution >= 4 is 17.6 Å². The lowest BCUT2D eigenvalue weighted by Crippen LogP contribution is -2.34. The number of hydrogen-bond donors (Lipinski definition) is 2. The van der Waals surface area contributed by atoms with Crippen molar-refractivity contribution in [2.45, 2.75) is 20.0 Å². The summed E-state index contributed by atoms with van der Waals surface area (Å²) in [6.45, 7) is 2.76. The first kappa shape index (κ1) is 15.3. The van der Waals surface area contributed by atoms with Crippen LogP contribution in [0.15, 0.2) is 42.5 Å². The summed E-state index contributed by atoms with van der Waals surface area (Å²) in [5.41, 5.74) is 2.95. The first-order chi connectivity index (χ1) is 10.0. The molecule has 2 N–H and O–H groups in total. The number of urea groups is 1. The predicted octanol–water partition coefficient (Wildman–Crippen LogP) is 3.79. The van der Waals surface area contributed by atoms with Crippen molar-refractivity contribution in [2.75, 3.05) is 0 Å². The molecule has 3 nitrogen and oxygen atoms in total. The van der Waals surface area contributed by atoms with Crippen LogP contribution in [0.25, 0.3) is 0 Å². The van der Waals surface area contributed by atoms with Crippen LogP contribution in [0.5, 0.6) is 0 Å². The minimum atomic E-state index is -0.468. The molecule has 2 aromatic rings. The summed E-state index contributed by atoms with van der Waals surface area (Å²) in [4.78, 5) is 11.7. The van der Waals surface area contributed by atoms with Crippen molar-refractivity contribution in [3.05, 3.63) is 70.0 Å². The minimum absolute atomic E-state index is 0.0503. The van der Waals surface area contributed by atoms with Crippen molar-refractivity contribution in [3.63, 3.8) is 0 Å². The maximum atomic E-state index is 13.0. The number of carbonyl (C=O) groups is 1. The highest BCUT2D eigenvalue weighted by Gasteiger charge is 2.03. The molecule has 0 aromatic heterocycles. The molecule has 110 valence electrons. The highest BCUT2D eigenvalue weighted by Crippen LogP contribution is 2.15. The largest absolute Gasteiger partial charge is 0.334 e. The Morgan fingerprint density at radius 3 is 2.24 bits per heavy atom. The molecule has 0 aliphatic rings. The number of carbonyl (C=O) groups excluding carboxylic acids is 1. The molecule has 5 heteroatoms. The number of amides is 2. The highest BCUT2D eigenvalue weighted by molar-refractivity contribution is 6.30. The van der Waals surface area contributed by atoms with Crippen LogP contribution in [-0.4, -0.2) is 6.03 Å². The lowest BCUT2D eigenvalue weighted by molar-refractivity contribution is 0.240. The van der Waals surface area contributed by atoms with Crippen molar-refractivity contribution in [1.82, 2.24) is 10.6 Å². The molecule has 0 aliphatic carbocycles. The van der Waals surface area contributed by atoms with Gasteiger partial charge in [0, 0.05) is 13.1 Å². The standard InChI is InChI=1S/C16H16ClFN2O/c1-11-2-4-12(5-3-11)9-19-16(21)20-10-13-6-7-15(18)14(17)8-13/h2-8H,9-10H2,1H3,(H2,19,20,21). The first-order valence-electron chi connectivity index (χ1n) is 6.56. The zero-order chi connectivity index (χ0) is 15.2. The topological polar surface area (TPSA) is 41.1 Å². The summed E-state index contributed by atoms with van der Waals surface area (Å²) in [6, 6.07) is 12.0. The van der Waals surface area contributed by atoms with E-state index < -0.39 is 5.82 Å². The number of benzene rings is 2. The first-order valence-corrected chi connectivity index (χ1v) is 6.93. The second-order valence-corrected chi connectivity index (χ2v) is 5.18. The Morgan fingerprint density at radius 1 is 1.05 bits per heavy atom. The molecule has 21 heavy (non-hydrogen) atoms. The van der Waals surface area contributed by atoms with E-state index in [2.05, 4.69) is 10.6 Å². The lowest BCUT2D eigenvalue weighted by atomic mass is 10.1. The van der Waals surface area contributed by atoms with E-state index in [0.29, 0.717) is 13.1 Å². The van der Waals surface area contributed by atoms with E-state index in [4.69, 9.17) is 11.6 Å². The monoisotopic (exact) mass is 306 g/mol. The fourth-order valence-corrected chi connectivity index (χ4v) is 1.99. The molecule has 0 aliphatic heterocycles. The van der Waals surface area contributed by atoms with Gasteiger partial charge in [0.05, 0.1) is 5.02 Å². The van der Waals surface area contributed by atoms with Gasteiger partial charge in [-0.25, -0.2) is 9.18 Å². The molecule has 2 amide bonds. The van der Waals surface area contributed by atoms with Gasteiger partial charge in [0.2, 0.25) is 0 Å². The third kappa shape index (κ3) is 4.76. The number of hydrogen-bond acceptors (Lipinski definition) is 1. The molecule has 0 unspecified atom stereocenters. The molecule has 0 saturated heterocycles. The van der Waals surface area contributed by atoms with Gasteiger partial charge in [-0.1, -0.05) is 47.5 Å². The summed E-state index contributed by atoms with van der Waals surface area (Å²) in [5, 5.41) is 5.50. The van der Waals surface area contributed by atoms with E-state index in [9.17, 15) is 9.18 Å². The Balaban J connectivity index is 1.79. The van der Waals surface area contributed by atoms with Gasteiger partial charge in [0.25, 0.3) is 0 Å². The number of halogens is 2. The molecule has 0 radical (unpaired) electrons. The van der Waals surface area contributed by atoms with Crippen LogP contribution in [0.4, 0.5) is 9.18 Å². The smallest absolute Gasteiger partial charge is 0.315 e. The van der Waals surface area contributed by atoms with Gasteiger partial charge in [-0.3, -0.25) is 0 Å². The minimum Gasteiger partial charge on any atom is -0.334 e. The van der Waals surface area contributed by atoms with E-state index >= 15 is 0 Å². The fourth-order valence-electron chi connectivity index (χ4n) is 1.78. The molecule has 0 spiro atoms. The summed E-state index contributed by atoms with van der Waals surface area (Å²) >= 11 is 5.68. The molecule has 0 atom stereocenters. The summed E-state index contributed by atoms with van der Waals surface area (Å²) < 4.78 is 13.0. The SMILES string of the molecule is Cc1ccc(CNC(=O)NCc2ccc(F)c(Cl)c2)cc1. The van der Waals surface area contributed by atoms with Crippen molar-refractivity contribution in [2.24, 2.45) is 0 Å². The normalized spacial score (nSPS) is 10.2. The van der Waals surface area contributed by atoms with Crippen LogP contribution in [0.1, 0.15) is 16.7 Å². The van der Waals surface area contributed by atoms with Gasteiger partial charge in [0.15, 0.2) is 0 Å². The molecule has 2 rings (SSSR count). The van der Waals surface area contributed by atoms with E-state index in [1.165, 1.54) is 17.7 Å². The van der Waals surface area contributed by atoms with Crippen LogP contribution < -0.4 is 10.6 Å². The maximum Gasteiger partial charge on any atom is 0.315 e. The molecule has 0 heterocycles. The van der Waals surface area contributed by atoms with Gasteiger partial charge in [-0.05, 0) is 30.2 Å². The number of rotatable bonds is 4. The summed E-state index contributed by atoms with van der Waals surface area (Å²) in [7, 11) is 0. The van der Waals surface area contributed by atoms with Gasteiger partial charge in [-0.15, -0.1) is 0 Å². The second-order valence-electron chi connectivity index (χ2n) is 4.77. The lowest BCUT2D eigenvalue weighted by Gasteiger charge is -2.08. The maximum absolute atomic E-state index is 13.0. The van der Waals surface area contributed by atoms with Gasteiger partial charge < -0.3 is 10.6 Å². The Labute approximate surface area is 128 Å². The van der Waals surface area contributed by atoms with Gasteiger partial charge in [-0.2, -0.15) is 0 Å². The predicted molar refractivity (Wildman–Crippen MR) is 81.7 cm³/mol. The Kier molecular flexibility index (Phi) is 5.17. The quantitative estimate of drug-likeness (QED) is 0.886. The third-order valence-corrected chi connectivity index (χ3v) is 3.30. The average Bonchev–Trinajstić information content (AvgIpc) is 2.48. The Bertz CT molecular complexity index is 629. The van der Waals surface area contributed by atoms with Gasteiger partial charge >= 0.3 is 6.03 Å². The fraction of sp³-hybridized carbons (Fsp3) is 0.188. The highest BCUT2D eigenvalue weighted by atomic mass is 35.5. The van der Waals surface area contributed by atoms with Crippen molar-refractivity contribution < 1.29 is 9.18 Å². The summed E-state index contributed by atoms with van der Waals surface area (Å²) in [5.74, 6) is -0.468. The molecular formula is C16H16ClFN2O. The zero-order valence-corrected chi connectivity index (χ0v) is 12.4. The molecular weight excluding hydrogens is 291 g/mol. The van der Waals surface area contributed by atoms with Crippen LogP contribution in [0.3, 0.4) is 0 Å². The van der Waals surface area contributed by atoms with Gasteiger partial charge in [0.1, 0.15) is 5.82 Å². The van der Waals surface area contributed by atoms with Crippen LogP contribution in [-0.2, 0) is 13.1 Å². The van der Waals surface area contributed by atoms with Crippen molar-refractivity contribution in [3.8, 4) is 0 Å². The zero-order valence-electron chi connectivity index (χ0n) is 11.6. The average molecular weight is 307 g/mol. The molecule has 0 bridgehead atoms. The van der Waals surface area contributed by atoms with E-state index in [-0.39, 0.29) is 11.1 Å². The van der Waals surface area contributed by atoms with Crippen LogP contribution >= 0.6 is 11.6 Å². The van der Waals surface area contributed by atoms with Crippen LogP contribution in [0, 0.1) is 12.7 Å². The second kappa shape index (κ2) is 7.09. The van der Waals surface area contributed by atoms with Crippen LogP contribution in [0.2, 0.25) is 5.02 Å². The third-order valence-electron chi connectivity index (χ3n) is 3.01. The Hall–Kier alpha value is -2.07. The molecule has 0 fully saturated rings. The molecule has 0 saturated carbocycles. The van der Waals surface area contributed by atoms with E-state index in [1.54, 1.807) is 6.07 Å². The summed E-state index contributed by atoms with van der Waals surface area (Å²) in [6.07, 6.45) is 0.